The molecule has 0 bridgehead atoms. The fourth-order valence-corrected chi connectivity index (χ4v) is 3.26. The van der Waals surface area contributed by atoms with Crippen molar-refractivity contribution in [3.05, 3.63) is 24.3 Å². The van der Waals surface area contributed by atoms with Crippen LogP contribution in [0.5, 0.6) is 0 Å². The first-order valence-electron chi connectivity index (χ1n) is 7.47. The molecule has 1 saturated carbocycles. The molecule has 0 saturated heterocycles. The van der Waals surface area contributed by atoms with Gasteiger partial charge in [-0.05, 0) is 31.0 Å². The Bertz CT molecular complexity index is 827. The zero-order valence-electron chi connectivity index (χ0n) is 12.8. The van der Waals surface area contributed by atoms with Crippen LogP contribution in [-0.4, -0.2) is 43.9 Å². The first kappa shape index (κ1) is 16.6. The summed E-state index contributed by atoms with van der Waals surface area (Å²) in [6.45, 7) is -0.316. The van der Waals surface area contributed by atoms with E-state index in [1.54, 1.807) is 12.1 Å². The highest BCUT2D eigenvalue weighted by Crippen LogP contribution is 2.32. The van der Waals surface area contributed by atoms with Gasteiger partial charge in [-0.2, -0.15) is 10.2 Å². The lowest BCUT2D eigenvalue weighted by Gasteiger charge is -2.08. The molecule has 9 nitrogen and oxygen atoms in total. The van der Waals surface area contributed by atoms with E-state index >= 15 is 0 Å². The van der Waals surface area contributed by atoms with Crippen molar-refractivity contribution in [1.29, 1.82) is 0 Å². The molecule has 10 heteroatoms. The van der Waals surface area contributed by atoms with Crippen molar-refractivity contribution in [3.63, 3.8) is 0 Å². The molecule has 1 heterocycles. The van der Waals surface area contributed by atoms with E-state index in [0.717, 1.165) is 18.6 Å². The SMILES string of the molecule is NC1=NN=C(C2CC2)/C1=N\Nc1cccc(S(=O)(=O)NCCO)c1. The molecule has 0 amide bonds. The third-order valence-corrected chi connectivity index (χ3v) is 5.02. The minimum Gasteiger partial charge on any atom is -0.395 e. The van der Waals surface area contributed by atoms with Crippen LogP contribution in [0.25, 0.3) is 0 Å². The largest absolute Gasteiger partial charge is 0.395 e. The van der Waals surface area contributed by atoms with E-state index in [-0.39, 0.29) is 23.9 Å². The third kappa shape index (κ3) is 3.61. The number of aliphatic hydroxyl groups is 1. The summed E-state index contributed by atoms with van der Waals surface area (Å²) >= 11 is 0. The maximum absolute atomic E-state index is 12.1. The molecule has 1 fully saturated rings. The molecule has 2 aliphatic rings. The summed E-state index contributed by atoms with van der Waals surface area (Å²) in [6, 6.07) is 6.18. The highest BCUT2D eigenvalue weighted by molar-refractivity contribution is 7.89. The Morgan fingerprint density at radius 1 is 1.33 bits per heavy atom. The van der Waals surface area contributed by atoms with Gasteiger partial charge in [0.2, 0.25) is 10.0 Å². The molecule has 0 unspecified atom stereocenters. The number of anilines is 1. The average molecular weight is 350 g/mol. The lowest BCUT2D eigenvalue weighted by atomic mass is 10.1. The van der Waals surface area contributed by atoms with E-state index in [4.69, 9.17) is 10.8 Å². The summed E-state index contributed by atoms with van der Waals surface area (Å²) in [7, 11) is -3.68. The Labute approximate surface area is 139 Å². The standard InChI is InChI=1S/C14H18N6O3S/c15-14-13(12(18-20-14)9-4-5-9)19-17-10-2-1-3-11(8-10)24(22,23)16-6-7-21/h1-3,8-9,16-17,21H,4-7H2,(H2,15,19,20). The van der Waals surface area contributed by atoms with E-state index < -0.39 is 10.0 Å². The zero-order chi connectivity index (χ0) is 17.2. The van der Waals surface area contributed by atoms with Crippen LogP contribution in [0.15, 0.2) is 44.5 Å². The lowest BCUT2D eigenvalue weighted by Crippen LogP contribution is -2.29. The summed E-state index contributed by atoms with van der Waals surface area (Å²) in [5, 5.41) is 20.9. The second kappa shape index (κ2) is 6.67. The number of hydrazone groups is 1. The van der Waals surface area contributed by atoms with Crippen LogP contribution in [0.1, 0.15) is 12.8 Å². The number of hydrogen-bond donors (Lipinski definition) is 4. The second-order valence-electron chi connectivity index (χ2n) is 5.47. The van der Waals surface area contributed by atoms with Gasteiger partial charge in [-0.1, -0.05) is 6.07 Å². The van der Waals surface area contributed by atoms with E-state index in [0.29, 0.717) is 17.3 Å². The molecule has 1 aliphatic carbocycles. The Balaban J connectivity index is 1.76. The van der Waals surface area contributed by atoms with E-state index in [1.165, 1.54) is 12.1 Å². The predicted octanol–water partition coefficient (Wildman–Crippen LogP) is -0.138. The lowest BCUT2D eigenvalue weighted by molar-refractivity contribution is 0.301. The molecule has 1 aromatic rings. The van der Waals surface area contributed by atoms with Gasteiger partial charge < -0.3 is 10.8 Å². The molecule has 0 spiro atoms. The number of hydrogen-bond acceptors (Lipinski definition) is 8. The number of aliphatic hydroxyl groups excluding tert-OH is 1. The molecule has 0 aromatic heterocycles. The topological polar surface area (TPSA) is 142 Å². The van der Waals surface area contributed by atoms with Crippen LogP contribution in [0.2, 0.25) is 0 Å². The van der Waals surface area contributed by atoms with Crippen LogP contribution in [0.4, 0.5) is 5.69 Å². The average Bonchev–Trinajstić information content (AvgIpc) is 3.35. The summed E-state index contributed by atoms with van der Waals surface area (Å²) in [4.78, 5) is 0.0743. The highest BCUT2D eigenvalue weighted by atomic mass is 32.2. The van der Waals surface area contributed by atoms with Crippen molar-refractivity contribution in [1.82, 2.24) is 4.72 Å². The summed E-state index contributed by atoms with van der Waals surface area (Å²) < 4.78 is 26.4. The van der Waals surface area contributed by atoms with Gasteiger partial charge in [0.25, 0.3) is 0 Å². The number of nitrogens with zero attached hydrogens (tertiary/aromatic N) is 3. The van der Waals surface area contributed by atoms with Gasteiger partial charge in [0, 0.05) is 12.5 Å². The number of sulfonamides is 1. The maximum atomic E-state index is 12.1. The molecule has 128 valence electrons. The number of amidine groups is 1. The smallest absolute Gasteiger partial charge is 0.240 e. The quantitative estimate of drug-likeness (QED) is 0.507. The Morgan fingerprint density at radius 3 is 2.83 bits per heavy atom. The van der Waals surface area contributed by atoms with Crippen LogP contribution >= 0.6 is 0 Å². The van der Waals surface area contributed by atoms with Crippen molar-refractivity contribution in [2.75, 3.05) is 18.6 Å². The number of nitrogens with one attached hydrogen (secondary N) is 2. The molecule has 0 atom stereocenters. The van der Waals surface area contributed by atoms with Crippen molar-refractivity contribution in [3.8, 4) is 0 Å². The summed E-state index contributed by atoms with van der Waals surface area (Å²) in [5.41, 5.74) is 10.4. The van der Waals surface area contributed by atoms with Crippen molar-refractivity contribution < 1.29 is 13.5 Å². The number of rotatable bonds is 7. The van der Waals surface area contributed by atoms with Crippen molar-refractivity contribution in [2.24, 2.45) is 27.0 Å². The van der Waals surface area contributed by atoms with E-state index in [2.05, 4.69) is 25.5 Å². The maximum Gasteiger partial charge on any atom is 0.240 e. The summed E-state index contributed by atoms with van der Waals surface area (Å²) in [6.07, 6.45) is 2.09. The monoisotopic (exact) mass is 350 g/mol. The second-order valence-corrected chi connectivity index (χ2v) is 7.23. The first-order chi connectivity index (χ1) is 11.5. The Kier molecular flexibility index (Phi) is 4.60. The minimum atomic E-state index is -3.68. The van der Waals surface area contributed by atoms with Crippen LogP contribution < -0.4 is 15.9 Å². The van der Waals surface area contributed by atoms with Crippen molar-refractivity contribution in [2.45, 2.75) is 17.7 Å². The number of benzene rings is 1. The van der Waals surface area contributed by atoms with Crippen molar-refractivity contribution >= 4 is 33.0 Å². The summed E-state index contributed by atoms with van der Waals surface area (Å²) in [5.74, 6) is 0.600. The molecule has 5 N–H and O–H groups in total. The minimum absolute atomic E-state index is 0.0451. The highest BCUT2D eigenvalue weighted by Gasteiger charge is 2.35. The third-order valence-electron chi connectivity index (χ3n) is 3.56. The normalized spacial score (nSPS) is 19.3. The van der Waals surface area contributed by atoms with Crippen LogP contribution in [-0.2, 0) is 10.0 Å². The molecular formula is C14H18N6O3S. The van der Waals surface area contributed by atoms with Crippen LogP contribution in [0, 0.1) is 5.92 Å². The molecular weight excluding hydrogens is 332 g/mol. The fraction of sp³-hybridized carbons (Fsp3) is 0.357. The van der Waals surface area contributed by atoms with Gasteiger partial charge >= 0.3 is 0 Å². The zero-order valence-corrected chi connectivity index (χ0v) is 13.6. The number of nitrogens with two attached hydrogens (primary N) is 1. The van der Waals surface area contributed by atoms with E-state index in [9.17, 15) is 8.42 Å². The van der Waals surface area contributed by atoms with Gasteiger partial charge in [-0.25, -0.2) is 13.1 Å². The van der Waals surface area contributed by atoms with Gasteiger partial charge in [0.15, 0.2) is 11.5 Å². The molecule has 0 radical (unpaired) electrons. The van der Waals surface area contributed by atoms with Gasteiger partial charge in [-0.3, -0.25) is 5.43 Å². The van der Waals surface area contributed by atoms with Gasteiger partial charge in [-0.15, -0.1) is 5.10 Å². The molecule has 24 heavy (non-hydrogen) atoms. The molecule has 3 rings (SSSR count). The van der Waals surface area contributed by atoms with Crippen LogP contribution in [0.3, 0.4) is 0 Å². The molecule has 1 aromatic carbocycles. The Morgan fingerprint density at radius 2 is 2.12 bits per heavy atom. The Hall–Kier alpha value is -2.30. The molecule has 1 aliphatic heterocycles. The first-order valence-corrected chi connectivity index (χ1v) is 8.95. The van der Waals surface area contributed by atoms with Gasteiger partial charge in [0.1, 0.15) is 0 Å². The van der Waals surface area contributed by atoms with E-state index in [1.807, 2.05) is 0 Å². The fourth-order valence-electron chi connectivity index (χ4n) is 2.20. The van der Waals surface area contributed by atoms with Gasteiger partial charge in [0.05, 0.1) is 22.9 Å². The predicted molar refractivity (Wildman–Crippen MR) is 91.6 cm³/mol.